The van der Waals surface area contributed by atoms with Crippen LogP contribution in [0.15, 0.2) is 18.2 Å². The van der Waals surface area contributed by atoms with Crippen LogP contribution in [0.4, 0.5) is 11.4 Å². The normalized spacial score (nSPS) is 18.9. The zero-order valence-electron chi connectivity index (χ0n) is 10.9. The molecule has 2 atom stereocenters. The van der Waals surface area contributed by atoms with E-state index >= 15 is 0 Å². The lowest BCUT2D eigenvalue weighted by Crippen LogP contribution is -2.43. The number of fused-ring (bicyclic) bond motifs is 1. The van der Waals surface area contributed by atoms with E-state index in [1.165, 1.54) is 6.07 Å². The zero-order valence-corrected chi connectivity index (χ0v) is 10.9. The van der Waals surface area contributed by atoms with E-state index in [-0.39, 0.29) is 23.4 Å². The van der Waals surface area contributed by atoms with Crippen molar-refractivity contribution in [1.29, 1.82) is 0 Å². The molecule has 2 rings (SSSR count). The van der Waals surface area contributed by atoms with Gasteiger partial charge < -0.3 is 10.6 Å². The van der Waals surface area contributed by atoms with Crippen LogP contribution >= 0.6 is 0 Å². The molecule has 1 unspecified atom stereocenters. The third-order valence-electron chi connectivity index (χ3n) is 3.45. The number of hydrogen-bond donors (Lipinski definition) is 4. The Labute approximate surface area is 111 Å². The molecule has 0 saturated carbocycles. The Morgan fingerprint density at radius 2 is 2.21 bits per heavy atom. The van der Waals surface area contributed by atoms with Crippen molar-refractivity contribution in [2.24, 2.45) is 5.92 Å². The summed E-state index contributed by atoms with van der Waals surface area (Å²) in [6.45, 7) is 4.04. The molecule has 0 fully saturated rings. The maximum Gasteiger partial charge on any atom is 0.274 e. The molecule has 0 radical (unpaired) electrons. The Balaban J connectivity index is 2.28. The lowest BCUT2D eigenvalue weighted by atomic mass is 9.96. The van der Waals surface area contributed by atoms with Gasteiger partial charge in [0.25, 0.3) is 5.91 Å². The molecule has 1 aliphatic heterocycles. The Morgan fingerprint density at radius 1 is 1.47 bits per heavy atom. The molecule has 0 saturated heterocycles. The highest BCUT2D eigenvalue weighted by atomic mass is 16.5. The first kappa shape index (κ1) is 13.4. The van der Waals surface area contributed by atoms with Gasteiger partial charge in [-0.25, -0.2) is 5.48 Å². The molecule has 2 amide bonds. The topological polar surface area (TPSA) is 90.5 Å². The molecule has 1 aromatic rings. The van der Waals surface area contributed by atoms with Gasteiger partial charge in [0, 0.05) is 5.56 Å². The van der Waals surface area contributed by atoms with Crippen molar-refractivity contribution in [3.63, 3.8) is 0 Å². The van der Waals surface area contributed by atoms with E-state index in [1.54, 1.807) is 17.6 Å². The first-order valence-corrected chi connectivity index (χ1v) is 6.22. The Hall–Kier alpha value is -2.08. The molecule has 0 aliphatic carbocycles. The Bertz CT molecular complexity index is 516. The monoisotopic (exact) mass is 263 g/mol. The number of hydroxylamine groups is 1. The van der Waals surface area contributed by atoms with E-state index in [1.807, 2.05) is 13.8 Å². The lowest BCUT2D eigenvalue weighted by Gasteiger charge is -2.30. The van der Waals surface area contributed by atoms with Gasteiger partial charge in [-0.05, 0) is 24.1 Å². The number of rotatable bonds is 3. The van der Waals surface area contributed by atoms with Crippen LogP contribution in [0.25, 0.3) is 0 Å². The second kappa shape index (κ2) is 5.27. The number of benzene rings is 1. The lowest BCUT2D eigenvalue weighted by molar-refractivity contribution is -0.118. The van der Waals surface area contributed by atoms with Gasteiger partial charge in [0.2, 0.25) is 5.91 Å². The van der Waals surface area contributed by atoms with E-state index in [9.17, 15) is 9.59 Å². The van der Waals surface area contributed by atoms with E-state index in [0.29, 0.717) is 5.69 Å². The summed E-state index contributed by atoms with van der Waals surface area (Å²) < 4.78 is 0. The molecule has 4 N–H and O–H groups in total. The largest absolute Gasteiger partial charge is 0.372 e. The van der Waals surface area contributed by atoms with Crippen LogP contribution in [-0.4, -0.2) is 23.1 Å². The van der Waals surface area contributed by atoms with Gasteiger partial charge in [-0.2, -0.15) is 0 Å². The summed E-state index contributed by atoms with van der Waals surface area (Å²) in [4.78, 5) is 23.3. The molecule has 1 aromatic carbocycles. The van der Waals surface area contributed by atoms with Crippen LogP contribution in [0.2, 0.25) is 0 Å². The SMILES string of the molecule is CCC(C)[C@@H]1Nc2ccc(C(=O)NO)cc2NC1=O. The van der Waals surface area contributed by atoms with Crippen molar-refractivity contribution in [1.82, 2.24) is 5.48 Å². The Kier molecular flexibility index (Phi) is 3.71. The quantitative estimate of drug-likeness (QED) is 0.492. The van der Waals surface area contributed by atoms with Gasteiger partial charge in [-0.15, -0.1) is 0 Å². The fraction of sp³-hybridized carbons (Fsp3) is 0.385. The third kappa shape index (κ3) is 2.53. The summed E-state index contributed by atoms with van der Waals surface area (Å²) in [5, 5.41) is 14.5. The van der Waals surface area contributed by atoms with E-state index in [2.05, 4.69) is 10.6 Å². The van der Waals surface area contributed by atoms with Gasteiger partial charge >= 0.3 is 0 Å². The molecule has 102 valence electrons. The Morgan fingerprint density at radius 3 is 2.84 bits per heavy atom. The van der Waals surface area contributed by atoms with Crippen LogP contribution in [0.3, 0.4) is 0 Å². The maximum absolute atomic E-state index is 12.0. The fourth-order valence-corrected chi connectivity index (χ4v) is 2.06. The summed E-state index contributed by atoms with van der Waals surface area (Å²) in [5.41, 5.74) is 3.17. The number of amides is 2. The van der Waals surface area contributed by atoms with Gasteiger partial charge in [0.05, 0.1) is 11.4 Å². The van der Waals surface area contributed by atoms with Crippen molar-refractivity contribution in [2.75, 3.05) is 10.6 Å². The van der Waals surface area contributed by atoms with Crippen molar-refractivity contribution in [3.8, 4) is 0 Å². The van der Waals surface area contributed by atoms with Crippen molar-refractivity contribution < 1.29 is 14.8 Å². The standard InChI is InChI=1S/C13H17N3O3/c1-3-7(2)11-13(18)15-10-6-8(12(17)16-19)4-5-9(10)14-11/h4-7,11,14,19H,3H2,1-2H3,(H,15,18)(H,16,17)/t7?,11-/m0/s1. The minimum Gasteiger partial charge on any atom is -0.372 e. The van der Waals surface area contributed by atoms with Crippen LogP contribution in [-0.2, 0) is 4.79 Å². The fourth-order valence-electron chi connectivity index (χ4n) is 2.06. The molecule has 1 heterocycles. The maximum atomic E-state index is 12.0. The smallest absolute Gasteiger partial charge is 0.274 e. The molecule has 0 spiro atoms. The molecule has 0 aromatic heterocycles. The molecule has 6 heteroatoms. The number of nitrogens with one attached hydrogen (secondary N) is 3. The first-order valence-electron chi connectivity index (χ1n) is 6.22. The summed E-state index contributed by atoms with van der Waals surface area (Å²) in [6, 6.07) is 4.56. The average molecular weight is 263 g/mol. The van der Waals surface area contributed by atoms with Gasteiger partial charge in [-0.3, -0.25) is 14.8 Å². The molecule has 19 heavy (non-hydrogen) atoms. The predicted octanol–water partition coefficient (Wildman–Crippen LogP) is 1.58. The molecule has 0 bridgehead atoms. The second-order valence-corrected chi connectivity index (χ2v) is 4.70. The van der Waals surface area contributed by atoms with Crippen LogP contribution in [0.1, 0.15) is 30.6 Å². The molecular formula is C13H17N3O3. The van der Waals surface area contributed by atoms with Gasteiger partial charge in [-0.1, -0.05) is 20.3 Å². The number of anilines is 2. The van der Waals surface area contributed by atoms with Crippen LogP contribution < -0.4 is 16.1 Å². The molecule has 1 aliphatic rings. The second-order valence-electron chi connectivity index (χ2n) is 4.70. The minimum atomic E-state index is -0.610. The minimum absolute atomic E-state index is 0.108. The third-order valence-corrected chi connectivity index (χ3v) is 3.45. The van der Waals surface area contributed by atoms with Crippen molar-refractivity contribution in [3.05, 3.63) is 23.8 Å². The summed E-state index contributed by atoms with van der Waals surface area (Å²) in [7, 11) is 0. The van der Waals surface area contributed by atoms with E-state index in [0.717, 1.165) is 12.1 Å². The zero-order chi connectivity index (χ0) is 14.0. The van der Waals surface area contributed by atoms with E-state index < -0.39 is 5.91 Å². The van der Waals surface area contributed by atoms with Gasteiger partial charge in [0.15, 0.2) is 0 Å². The number of carbonyl (C=O) groups is 2. The highest BCUT2D eigenvalue weighted by Gasteiger charge is 2.29. The highest BCUT2D eigenvalue weighted by molar-refractivity contribution is 6.05. The highest BCUT2D eigenvalue weighted by Crippen LogP contribution is 2.30. The van der Waals surface area contributed by atoms with Gasteiger partial charge in [0.1, 0.15) is 6.04 Å². The first-order chi connectivity index (χ1) is 9.06. The molecular weight excluding hydrogens is 246 g/mol. The van der Waals surface area contributed by atoms with E-state index in [4.69, 9.17) is 5.21 Å². The van der Waals surface area contributed by atoms with Crippen molar-refractivity contribution >= 4 is 23.2 Å². The van der Waals surface area contributed by atoms with Crippen LogP contribution in [0.5, 0.6) is 0 Å². The van der Waals surface area contributed by atoms with Crippen LogP contribution in [0, 0.1) is 5.92 Å². The number of carbonyl (C=O) groups excluding carboxylic acids is 2. The predicted molar refractivity (Wildman–Crippen MR) is 71.2 cm³/mol. The summed E-state index contributed by atoms with van der Waals surface area (Å²) >= 11 is 0. The average Bonchev–Trinajstić information content (AvgIpc) is 2.44. The number of hydrogen-bond acceptors (Lipinski definition) is 4. The van der Waals surface area contributed by atoms with Crippen molar-refractivity contribution in [2.45, 2.75) is 26.3 Å². The summed E-state index contributed by atoms with van der Waals surface area (Å²) in [6.07, 6.45) is 0.894. The summed E-state index contributed by atoms with van der Waals surface area (Å²) in [5.74, 6) is -0.502. The molecule has 6 nitrogen and oxygen atoms in total.